The van der Waals surface area contributed by atoms with Crippen molar-refractivity contribution in [3.63, 3.8) is 0 Å². The molecule has 17 heavy (non-hydrogen) atoms. The molecule has 0 radical (unpaired) electrons. The van der Waals surface area contributed by atoms with E-state index in [0.717, 1.165) is 24.1 Å². The van der Waals surface area contributed by atoms with E-state index >= 15 is 0 Å². The fourth-order valence-corrected chi connectivity index (χ4v) is 2.06. The van der Waals surface area contributed by atoms with Gasteiger partial charge in [0.25, 0.3) is 0 Å². The van der Waals surface area contributed by atoms with E-state index < -0.39 is 0 Å². The lowest BCUT2D eigenvalue weighted by molar-refractivity contribution is 0.327. The summed E-state index contributed by atoms with van der Waals surface area (Å²) in [6.07, 6.45) is 10.6. The van der Waals surface area contributed by atoms with Gasteiger partial charge in [0.15, 0.2) is 0 Å². The van der Waals surface area contributed by atoms with Crippen LogP contribution in [0, 0.1) is 0 Å². The fourth-order valence-electron chi connectivity index (χ4n) is 1.77. The van der Waals surface area contributed by atoms with E-state index in [1.54, 1.807) is 0 Å². The Morgan fingerprint density at radius 3 is 2.71 bits per heavy atom. The molecular weight excluding hydrogens is 274 g/mol. The molecule has 0 aromatic heterocycles. The molecular formula is C15H16BrN. The number of benzene rings is 1. The highest BCUT2D eigenvalue weighted by Crippen LogP contribution is 2.10. The predicted molar refractivity (Wildman–Crippen MR) is 77.0 cm³/mol. The first kappa shape index (κ1) is 12.3. The summed E-state index contributed by atoms with van der Waals surface area (Å²) in [5.41, 5.74) is 1.36. The minimum absolute atomic E-state index is 0.962. The van der Waals surface area contributed by atoms with Gasteiger partial charge in [-0.3, -0.25) is 4.90 Å². The lowest BCUT2D eigenvalue weighted by Gasteiger charge is -2.18. The second-order valence-corrected chi connectivity index (χ2v) is 4.97. The van der Waals surface area contributed by atoms with Crippen LogP contribution in [-0.2, 0) is 6.54 Å². The number of nitrogens with zero attached hydrogens (tertiary/aromatic N) is 1. The Labute approximate surface area is 111 Å². The summed E-state index contributed by atoms with van der Waals surface area (Å²) < 4.78 is 1.14. The van der Waals surface area contributed by atoms with E-state index in [9.17, 15) is 0 Å². The molecule has 0 spiro atoms. The van der Waals surface area contributed by atoms with E-state index in [2.05, 4.69) is 81.5 Å². The van der Waals surface area contributed by atoms with Crippen LogP contribution in [0.5, 0.6) is 0 Å². The fraction of sp³-hybridized carbons (Fsp3) is 0.200. The number of allylic oxidation sites excluding steroid dienone is 4. The number of hydrogen-bond acceptors (Lipinski definition) is 1. The van der Waals surface area contributed by atoms with Crippen molar-refractivity contribution in [2.75, 3.05) is 13.1 Å². The van der Waals surface area contributed by atoms with E-state index in [1.807, 2.05) is 0 Å². The molecule has 1 aliphatic heterocycles. The minimum atomic E-state index is 0.962. The zero-order chi connectivity index (χ0) is 11.9. The summed E-state index contributed by atoms with van der Waals surface area (Å²) in [6.45, 7) is 2.93. The molecule has 2 heteroatoms. The van der Waals surface area contributed by atoms with Gasteiger partial charge in [-0.05, 0) is 11.6 Å². The van der Waals surface area contributed by atoms with Gasteiger partial charge < -0.3 is 0 Å². The molecule has 1 aliphatic rings. The lowest BCUT2D eigenvalue weighted by atomic mass is 10.2. The van der Waals surface area contributed by atoms with Crippen molar-refractivity contribution < 1.29 is 0 Å². The van der Waals surface area contributed by atoms with Crippen LogP contribution in [0.2, 0.25) is 0 Å². The Balaban J connectivity index is 2.03. The lowest BCUT2D eigenvalue weighted by Crippen LogP contribution is -2.23. The second-order valence-electron chi connectivity index (χ2n) is 4.06. The van der Waals surface area contributed by atoms with Gasteiger partial charge in [0.2, 0.25) is 0 Å². The number of halogens is 1. The van der Waals surface area contributed by atoms with E-state index in [1.165, 1.54) is 5.56 Å². The SMILES string of the molecule is BrC1=C\CN(Cc2ccccc2)C/C=C/C=C\1. The van der Waals surface area contributed by atoms with Crippen molar-refractivity contribution in [2.45, 2.75) is 6.54 Å². The van der Waals surface area contributed by atoms with Crippen molar-refractivity contribution in [1.29, 1.82) is 0 Å². The van der Waals surface area contributed by atoms with Gasteiger partial charge in [0.05, 0.1) is 0 Å². The number of rotatable bonds is 2. The summed E-state index contributed by atoms with van der Waals surface area (Å²) in [6, 6.07) is 10.6. The Morgan fingerprint density at radius 1 is 1.06 bits per heavy atom. The Bertz CT molecular complexity index is 431. The van der Waals surface area contributed by atoms with Crippen LogP contribution in [0.4, 0.5) is 0 Å². The largest absolute Gasteiger partial charge is 0.292 e. The quantitative estimate of drug-likeness (QED) is 0.798. The summed E-state index contributed by atoms with van der Waals surface area (Å²) in [5, 5.41) is 0. The first-order valence-electron chi connectivity index (χ1n) is 5.80. The monoisotopic (exact) mass is 289 g/mol. The Kier molecular flexibility index (Phi) is 4.77. The minimum Gasteiger partial charge on any atom is -0.292 e. The average molecular weight is 290 g/mol. The van der Waals surface area contributed by atoms with Crippen molar-refractivity contribution >= 4 is 15.9 Å². The van der Waals surface area contributed by atoms with Gasteiger partial charge in [-0.15, -0.1) is 0 Å². The molecule has 0 saturated heterocycles. The smallest absolute Gasteiger partial charge is 0.0240 e. The molecule has 0 atom stereocenters. The van der Waals surface area contributed by atoms with Crippen LogP contribution < -0.4 is 0 Å². The number of hydrogen-bond donors (Lipinski definition) is 0. The molecule has 0 N–H and O–H groups in total. The molecule has 1 nitrogen and oxygen atoms in total. The third-order valence-corrected chi connectivity index (χ3v) is 3.25. The van der Waals surface area contributed by atoms with Crippen molar-refractivity contribution in [3.05, 3.63) is 70.8 Å². The molecule has 88 valence electrons. The molecule has 0 saturated carbocycles. The molecule has 1 aromatic rings. The van der Waals surface area contributed by atoms with Crippen LogP contribution in [0.1, 0.15) is 5.56 Å². The summed E-state index contributed by atoms with van der Waals surface area (Å²) in [4.78, 5) is 2.40. The van der Waals surface area contributed by atoms with Crippen molar-refractivity contribution in [3.8, 4) is 0 Å². The topological polar surface area (TPSA) is 3.24 Å². The molecule has 2 rings (SSSR count). The maximum atomic E-state index is 3.53. The molecule has 1 aromatic carbocycles. The van der Waals surface area contributed by atoms with Crippen LogP contribution in [0.15, 0.2) is 65.2 Å². The molecule has 0 aliphatic carbocycles. The van der Waals surface area contributed by atoms with Gasteiger partial charge in [-0.25, -0.2) is 0 Å². The van der Waals surface area contributed by atoms with Gasteiger partial charge >= 0.3 is 0 Å². The third-order valence-electron chi connectivity index (χ3n) is 2.66. The molecule has 0 fully saturated rings. The predicted octanol–water partition coefficient (Wildman–Crippen LogP) is 3.89. The summed E-state index contributed by atoms with van der Waals surface area (Å²) in [7, 11) is 0. The van der Waals surface area contributed by atoms with Crippen LogP contribution in [0.3, 0.4) is 0 Å². The molecule has 0 amide bonds. The normalized spacial score (nSPS) is 23.9. The second kappa shape index (κ2) is 6.58. The van der Waals surface area contributed by atoms with Crippen molar-refractivity contribution in [2.24, 2.45) is 0 Å². The molecule has 1 heterocycles. The zero-order valence-corrected chi connectivity index (χ0v) is 11.3. The first-order chi connectivity index (χ1) is 8.34. The van der Waals surface area contributed by atoms with E-state index in [4.69, 9.17) is 0 Å². The Morgan fingerprint density at radius 2 is 1.88 bits per heavy atom. The third kappa shape index (κ3) is 4.33. The molecule has 0 unspecified atom stereocenters. The van der Waals surface area contributed by atoms with Gasteiger partial charge in [0.1, 0.15) is 0 Å². The highest BCUT2D eigenvalue weighted by molar-refractivity contribution is 9.11. The van der Waals surface area contributed by atoms with E-state index in [0.29, 0.717) is 0 Å². The van der Waals surface area contributed by atoms with E-state index in [-0.39, 0.29) is 0 Å². The van der Waals surface area contributed by atoms with Crippen LogP contribution in [0.25, 0.3) is 0 Å². The maximum absolute atomic E-state index is 3.53. The highest BCUT2D eigenvalue weighted by atomic mass is 79.9. The Hall–Kier alpha value is -1.12. The van der Waals surface area contributed by atoms with Gasteiger partial charge in [-0.2, -0.15) is 0 Å². The maximum Gasteiger partial charge on any atom is 0.0240 e. The molecule has 0 bridgehead atoms. The first-order valence-corrected chi connectivity index (χ1v) is 6.59. The van der Waals surface area contributed by atoms with Crippen LogP contribution >= 0.6 is 15.9 Å². The van der Waals surface area contributed by atoms with Crippen LogP contribution in [-0.4, -0.2) is 18.0 Å². The summed E-state index contributed by atoms with van der Waals surface area (Å²) in [5.74, 6) is 0. The average Bonchev–Trinajstić information content (AvgIpc) is 2.45. The highest BCUT2D eigenvalue weighted by Gasteiger charge is 2.03. The van der Waals surface area contributed by atoms with Crippen molar-refractivity contribution in [1.82, 2.24) is 4.90 Å². The van der Waals surface area contributed by atoms with Gasteiger partial charge in [0, 0.05) is 24.1 Å². The summed E-state index contributed by atoms with van der Waals surface area (Å²) >= 11 is 3.53. The van der Waals surface area contributed by atoms with Gasteiger partial charge in [-0.1, -0.05) is 70.6 Å². The zero-order valence-electron chi connectivity index (χ0n) is 9.72. The standard InChI is InChI=1S/C15H16BrN/c16-15-9-5-2-6-11-17(12-10-15)13-14-7-3-1-4-8-14/h1-10H,11-13H2/b6-2+,9-5-,15-10-.